The summed E-state index contributed by atoms with van der Waals surface area (Å²) in [5.74, 6) is 0.540. The normalized spacial score (nSPS) is 17.8. The van der Waals surface area contributed by atoms with E-state index < -0.39 is 0 Å². The molecule has 0 saturated heterocycles. The summed E-state index contributed by atoms with van der Waals surface area (Å²) in [5, 5.41) is 0. The standard InChI is InChI=1S/C16H34O2/c1-12(2)18-14(4)11-13(3)15(5)17-10-9-16(6,7)8/h12-15H,9-11H2,1-8H3. The molecule has 18 heavy (non-hydrogen) atoms. The van der Waals surface area contributed by atoms with Crippen molar-refractivity contribution in [3.05, 3.63) is 0 Å². The van der Waals surface area contributed by atoms with Crippen molar-refractivity contribution in [2.45, 2.75) is 86.5 Å². The SMILES string of the molecule is CC(C)OC(C)CC(C)C(C)OCCC(C)(C)C. The van der Waals surface area contributed by atoms with Crippen LogP contribution in [0, 0.1) is 11.3 Å². The molecule has 110 valence electrons. The highest BCUT2D eigenvalue weighted by molar-refractivity contribution is 4.67. The lowest BCUT2D eigenvalue weighted by Crippen LogP contribution is -2.25. The first kappa shape index (κ1) is 17.9. The largest absolute Gasteiger partial charge is 0.378 e. The molecule has 0 fully saturated rings. The van der Waals surface area contributed by atoms with Crippen molar-refractivity contribution in [2.24, 2.45) is 11.3 Å². The molecule has 0 saturated carbocycles. The van der Waals surface area contributed by atoms with Crippen molar-refractivity contribution in [2.75, 3.05) is 6.61 Å². The molecule has 3 unspecified atom stereocenters. The molecule has 3 atom stereocenters. The minimum atomic E-state index is 0.310. The third kappa shape index (κ3) is 9.90. The fraction of sp³-hybridized carbons (Fsp3) is 1.00. The Labute approximate surface area is 114 Å². The molecule has 0 bridgehead atoms. The maximum absolute atomic E-state index is 5.93. The van der Waals surface area contributed by atoms with Crippen molar-refractivity contribution in [3.8, 4) is 0 Å². The predicted octanol–water partition coefficient (Wildman–Crippen LogP) is 4.67. The van der Waals surface area contributed by atoms with E-state index in [0.717, 1.165) is 19.4 Å². The van der Waals surface area contributed by atoms with Crippen molar-refractivity contribution < 1.29 is 9.47 Å². The molecule has 0 heterocycles. The van der Waals surface area contributed by atoms with Crippen LogP contribution in [0.5, 0.6) is 0 Å². The highest BCUT2D eigenvalue weighted by atomic mass is 16.5. The van der Waals surface area contributed by atoms with Crippen LogP contribution in [-0.4, -0.2) is 24.9 Å². The third-order valence-electron chi connectivity index (χ3n) is 3.24. The Kier molecular flexibility index (Phi) is 8.13. The van der Waals surface area contributed by atoms with Gasteiger partial charge in [0.05, 0.1) is 18.3 Å². The molecule has 0 rings (SSSR count). The van der Waals surface area contributed by atoms with Gasteiger partial charge in [0.15, 0.2) is 0 Å². The van der Waals surface area contributed by atoms with Crippen molar-refractivity contribution >= 4 is 0 Å². The van der Waals surface area contributed by atoms with E-state index in [-0.39, 0.29) is 0 Å². The molecule has 0 radical (unpaired) electrons. The second kappa shape index (κ2) is 8.16. The van der Waals surface area contributed by atoms with E-state index in [1.807, 2.05) is 0 Å². The maximum Gasteiger partial charge on any atom is 0.0573 e. The number of rotatable bonds is 8. The van der Waals surface area contributed by atoms with Gasteiger partial charge in [0.1, 0.15) is 0 Å². The maximum atomic E-state index is 5.93. The van der Waals surface area contributed by atoms with E-state index >= 15 is 0 Å². The molecule has 0 N–H and O–H groups in total. The average Bonchev–Trinajstić information content (AvgIpc) is 2.13. The second-order valence-corrected chi connectivity index (χ2v) is 7.10. The molecule has 0 aliphatic heterocycles. The van der Waals surface area contributed by atoms with Crippen LogP contribution in [0.15, 0.2) is 0 Å². The van der Waals surface area contributed by atoms with E-state index in [1.165, 1.54) is 0 Å². The van der Waals surface area contributed by atoms with Crippen molar-refractivity contribution in [1.82, 2.24) is 0 Å². The first-order valence-electron chi connectivity index (χ1n) is 7.39. The van der Waals surface area contributed by atoms with Crippen LogP contribution in [0.1, 0.15) is 68.2 Å². The summed E-state index contributed by atoms with van der Waals surface area (Å²) in [6.45, 7) is 18.4. The van der Waals surface area contributed by atoms with Gasteiger partial charge in [-0.15, -0.1) is 0 Å². The fourth-order valence-corrected chi connectivity index (χ4v) is 1.95. The average molecular weight is 258 g/mol. The highest BCUT2D eigenvalue weighted by Gasteiger charge is 2.18. The quantitative estimate of drug-likeness (QED) is 0.630. The predicted molar refractivity (Wildman–Crippen MR) is 79.0 cm³/mol. The summed E-state index contributed by atoms with van der Waals surface area (Å²) in [7, 11) is 0. The molecule has 2 nitrogen and oxygen atoms in total. The zero-order valence-corrected chi connectivity index (χ0v) is 13.7. The molecule has 0 aliphatic rings. The number of hydrogen-bond acceptors (Lipinski definition) is 2. The summed E-state index contributed by atoms with van der Waals surface area (Å²) in [5.41, 5.74) is 0.358. The molecule has 0 aromatic carbocycles. The summed E-state index contributed by atoms with van der Waals surface area (Å²) >= 11 is 0. The molecular weight excluding hydrogens is 224 g/mol. The minimum absolute atomic E-state index is 0.310. The molecule has 0 aliphatic carbocycles. The van der Waals surface area contributed by atoms with Gasteiger partial charge in [0, 0.05) is 6.61 Å². The van der Waals surface area contributed by atoms with Gasteiger partial charge in [0.25, 0.3) is 0 Å². The van der Waals surface area contributed by atoms with Crippen LogP contribution < -0.4 is 0 Å². The highest BCUT2D eigenvalue weighted by Crippen LogP contribution is 2.21. The van der Waals surface area contributed by atoms with Gasteiger partial charge < -0.3 is 9.47 Å². The Bertz CT molecular complexity index is 206. The lowest BCUT2D eigenvalue weighted by atomic mass is 9.93. The summed E-state index contributed by atoms with van der Waals surface area (Å²) < 4.78 is 11.7. The van der Waals surface area contributed by atoms with Crippen LogP contribution in [0.2, 0.25) is 0 Å². The molecule has 0 aromatic rings. The summed E-state index contributed by atoms with van der Waals surface area (Å²) in [4.78, 5) is 0. The van der Waals surface area contributed by atoms with Gasteiger partial charge in [0.2, 0.25) is 0 Å². The molecule has 2 heteroatoms. The van der Waals surface area contributed by atoms with E-state index in [0.29, 0.717) is 29.6 Å². The van der Waals surface area contributed by atoms with Crippen LogP contribution in [-0.2, 0) is 9.47 Å². The lowest BCUT2D eigenvalue weighted by molar-refractivity contribution is -0.0271. The van der Waals surface area contributed by atoms with Gasteiger partial charge in [-0.1, -0.05) is 27.7 Å². The summed E-state index contributed by atoms with van der Waals surface area (Å²) in [6, 6.07) is 0. The molecule has 0 spiro atoms. The third-order valence-corrected chi connectivity index (χ3v) is 3.24. The Hall–Kier alpha value is -0.0800. The van der Waals surface area contributed by atoms with E-state index in [2.05, 4.69) is 55.4 Å². The lowest BCUT2D eigenvalue weighted by Gasteiger charge is -2.26. The van der Waals surface area contributed by atoms with Crippen LogP contribution >= 0.6 is 0 Å². The van der Waals surface area contributed by atoms with Gasteiger partial charge in [-0.05, 0) is 51.9 Å². The van der Waals surface area contributed by atoms with E-state index in [9.17, 15) is 0 Å². The zero-order chi connectivity index (χ0) is 14.3. The topological polar surface area (TPSA) is 18.5 Å². The van der Waals surface area contributed by atoms with Gasteiger partial charge in [-0.2, -0.15) is 0 Å². The zero-order valence-electron chi connectivity index (χ0n) is 13.7. The monoisotopic (exact) mass is 258 g/mol. The van der Waals surface area contributed by atoms with Crippen molar-refractivity contribution in [1.29, 1.82) is 0 Å². The number of hydrogen-bond donors (Lipinski definition) is 0. The molecular formula is C16H34O2. The number of ether oxygens (including phenoxy) is 2. The van der Waals surface area contributed by atoms with Crippen molar-refractivity contribution in [3.63, 3.8) is 0 Å². The molecule has 0 aromatic heterocycles. The summed E-state index contributed by atoms with van der Waals surface area (Å²) in [6.07, 6.45) is 3.11. The van der Waals surface area contributed by atoms with Gasteiger partial charge in [-0.25, -0.2) is 0 Å². The Morgan fingerprint density at radius 2 is 1.50 bits per heavy atom. The van der Waals surface area contributed by atoms with Crippen LogP contribution in [0.4, 0.5) is 0 Å². The first-order valence-corrected chi connectivity index (χ1v) is 7.39. The Morgan fingerprint density at radius 3 is 1.94 bits per heavy atom. The Morgan fingerprint density at radius 1 is 0.944 bits per heavy atom. The smallest absolute Gasteiger partial charge is 0.0573 e. The van der Waals surface area contributed by atoms with Crippen LogP contribution in [0.25, 0.3) is 0 Å². The second-order valence-electron chi connectivity index (χ2n) is 7.10. The van der Waals surface area contributed by atoms with E-state index in [1.54, 1.807) is 0 Å². The van der Waals surface area contributed by atoms with Gasteiger partial charge >= 0.3 is 0 Å². The fourth-order valence-electron chi connectivity index (χ4n) is 1.95. The van der Waals surface area contributed by atoms with Gasteiger partial charge in [-0.3, -0.25) is 0 Å². The van der Waals surface area contributed by atoms with Crippen LogP contribution in [0.3, 0.4) is 0 Å². The van der Waals surface area contributed by atoms with E-state index in [4.69, 9.17) is 9.47 Å². The minimum Gasteiger partial charge on any atom is -0.378 e. The Balaban J connectivity index is 3.85. The molecule has 0 amide bonds. The first-order chi connectivity index (χ1) is 8.11.